The molecule has 0 fully saturated rings. The van der Waals surface area contributed by atoms with Gasteiger partial charge in [0.2, 0.25) is 6.79 Å². The molecule has 0 radical (unpaired) electrons. The minimum Gasteiger partial charge on any atom is -0.454 e. The third kappa shape index (κ3) is 2.26. The van der Waals surface area contributed by atoms with Gasteiger partial charge in [0.05, 0.1) is 11.3 Å². The highest BCUT2D eigenvalue weighted by Crippen LogP contribution is 2.35. The van der Waals surface area contributed by atoms with E-state index >= 15 is 0 Å². The van der Waals surface area contributed by atoms with Crippen LogP contribution in [0.4, 0.5) is 5.69 Å². The summed E-state index contributed by atoms with van der Waals surface area (Å²) in [5, 5.41) is 12.5. The van der Waals surface area contributed by atoms with Gasteiger partial charge in [0.15, 0.2) is 11.5 Å². The molecule has 4 nitrogen and oxygen atoms in total. The first-order valence-corrected chi connectivity index (χ1v) is 6.43. The fourth-order valence-corrected chi connectivity index (χ4v) is 2.21. The maximum Gasteiger partial charge on any atom is 0.231 e. The van der Waals surface area contributed by atoms with Crippen LogP contribution in [-0.4, -0.2) is 6.79 Å². The maximum atomic E-state index is 9.10. The van der Waals surface area contributed by atoms with Gasteiger partial charge in [-0.2, -0.15) is 5.26 Å². The van der Waals surface area contributed by atoms with Crippen molar-refractivity contribution in [2.75, 3.05) is 12.1 Å². The fourth-order valence-electron chi connectivity index (χ4n) is 2.21. The number of nitrogens with one attached hydrogen (secondary N) is 1. The lowest BCUT2D eigenvalue weighted by molar-refractivity contribution is 0.174. The minimum atomic E-state index is 0.0685. The van der Waals surface area contributed by atoms with Crippen LogP contribution in [0, 0.1) is 11.3 Å². The number of fused-ring (bicyclic) bond motifs is 1. The van der Waals surface area contributed by atoms with Crippen LogP contribution >= 0.6 is 0 Å². The Hall–Kier alpha value is -2.67. The van der Waals surface area contributed by atoms with Gasteiger partial charge < -0.3 is 14.8 Å². The molecule has 0 bridgehead atoms. The van der Waals surface area contributed by atoms with Crippen molar-refractivity contribution in [3.8, 4) is 17.6 Å². The number of nitriles is 1. The van der Waals surface area contributed by atoms with Gasteiger partial charge in [-0.15, -0.1) is 0 Å². The van der Waals surface area contributed by atoms with E-state index in [1.807, 2.05) is 43.3 Å². The summed E-state index contributed by atoms with van der Waals surface area (Å²) in [6.07, 6.45) is 0. The molecule has 0 saturated heterocycles. The normalized spacial score (nSPS) is 13.6. The average Bonchev–Trinajstić information content (AvgIpc) is 2.95. The quantitative estimate of drug-likeness (QED) is 0.924. The van der Waals surface area contributed by atoms with Gasteiger partial charge in [-0.25, -0.2) is 0 Å². The lowest BCUT2D eigenvalue weighted by Crippen LogP contribution is -2.07. The fraction of sp³-hybridized carbons (Fsp3) is 0.188. The zero-order valence-corrected chi connectivity index (χ0v) is 11.1. The van der Waals surface area contributed by atoms with Gasteiger partial charge in [-0.05, 0) is 36.8 Å². The SMILES string of the molecule is CC(Nc1ccccc1C#N)c1ccc2c(c1)OCO2. The Kier molecular flexibility index (Phi) is 3.18. The summed E-state index contributed by atoms with van der Waals surface area (Å²) in [7, 11) is 0. The Morgan fingerprint density at radius 3 is 2.80 bits per heavy atom. The third-order valence-corrected chi connectivity index (χ3v) is 3.32. The van der Waals surface area contributed by atoms with Crippen LogP contribution in [0.3, 0.4) is 0 Å². The molecule has 100 valence electrons. The second kappa shape index (κ2) is 5.14. The molecule has 0 aliphatic carbocycles. The van der Waals surface area contributed by atoms with E-state index in [4.69, 9.17) is 14.7 Å². The second-order valence-electron chi connectivity index (χ2n) is 4.64. The third-order valence-electron chi connectivity index (χ3n) is 3.32. The molecule has 2 aromatic carbocycles. The summed E-state index contributed by atoms with van der Waals surface area (Å²) in [5.74, 6) is 1.54. The van der Waals surface area contributed by atoms with Crippen molar-refractivity contribution < 1.29 is 9.47 Å². The zero-order chi connectivity index (χ0) is 13.9. The smallest absolute Gasteiger partial charge is 0.231 e. The van der Waals surface area contributed by atoms with Crippen molar-refractivity contribution in [1.29, 1.82) is 5.26 Å². The number of nitrogens with zero attached hydrogens (tertiary/aromatic N) is 1. The van der Waals surface area contributed by atoms with Gasteiger partial charge >= 0.3 is 0 Å². The molecule has 1 aliphatic rings. The number of hydrogen-bond donors (Lipinski definition) is 1. The first-order chi connectivity index (χ1) is 9.78. The maximum absolute atomic E-state index is 9.10. The summed E-state index contributed by atoms with van der Waals surface area (Å²) in [4.78, 5) is 0. The molecule has 20 heavy (non-hydrogen) atoms. The minimum absolute atomic E-state index is 0.0685. The van der Waals surface area contributed by atoms with Crippen molar-refractivity contribution in [1.82, 2.24) is 0 Å². The molecule has 0 spiro atoms. The Morgan fingerprint density at radius 1 is 1.15 bits per heavy atom. The summed E-state index contributed by atoms with van der Waals surface area (Å²) in [6.45, 7) is 2.32. The lowest BCUT2D eigenvalue weighted by atomic mass is 10.1. The van der Waals surface area contributed by atoms with E-state index in [2.05, 4.69) is 11.4 Å². The Morgan fingerprint density at radius 2 is 1.95 bits per heavy atom. The van der Waals surface area contributed by atoms with Gasteiger partial charge in [-0.3, -0.25) is 0 Å². The van der Waals surface area contributed by atoms with Crippen LogP contribution in [-0.2, 0) is 0 Å². The number of hydrogen-bond acceptors (Lipinski definition) is 4. The molecule has 1 unspecified atom stereocenters. The van der Waals surface area contributed by atoms with E-state index in [9.17, 15) is 0 Å². The molecular weight excluding hydrogens is 252 g/mol. The van der Waals surface area contributed by atoms with Crippen molar-refractivity contribution in [2.24, 2.45) is 0 Å². The molecule has 0 aromatic heterocycles. The first kappa shape index (κ1) is 12.4. The summed E-state index contributed by atoms with van der Waals surface area (Å²) >= 11 is 0. The van der Waals surface area contributed by atoms with Crippen molar-refractivity contribution in [2.45, 2.75) is 13.0 Å². The molecule has 3 rings (SSSR count). The molecule has 1 aliphatic heterocycles. The van der Waals surface area contributed by atoms with Crippen molar-refractivity contribution in [3.05, 3.63) is 53.6 Å². The molecule has 1 heterocycles. The van der Waals surface area contributed by atoms with Crippen molar-refractivity contribution >= 4 is 5.69 Å². The summed E-state index contributed by atoms with van der Waals surface area (Å²) in [5.41, 5.74) is 2.56. The monoisotopic (exact) mass is 266 g/mol. The van der Waals surface area contributed by atoms with E-state index in [0.29, 0.717) is 5.56 Å². The Bertz CT molecular complexity index is 676. The highest BCUT2D eigenvalue weighted by molar-refractivity contribution is 5.58. The number of ether oxygens (including phenoxy) is 2. The number of para-hydroxylation sites is 1. The molecule has 2 aromatic rings. The Balaban J connectivity index is 1.83. The number of rotatable bonds is 3. The van der Waals surface area contributed by atoms with Crippen LogP contribution < -0.4 is 14.8 Å². The van der Waals surface area contributed by atoms with Crippen LogP contribution in [0.1, 0.15) is 24.1 Å². The van der Waals surface area contributed by atoms with Crippen LogP contribution in [0.5, 0.6) is 11.5 Å². The van der Waals surface area contributed by atoms with Gasteiger partial charge in [0, 0.05) is 6.04 Å². The predicted molar refractivity (Wildman–Crippen MR) is 75.8 cm³/mol. The van der Waals surface area contributed by atoms with Crippen molar-refractivity contribution in [3.63, 3.8) is 0 Å². The first-order valence-electron chi connectivity index (χ1n) is 6.43. The molecular formula is C16H14N2O2. The van der Waals surface area contributed by atoms with Crippen LogP contribution in [0.25, 0.3) is 0 Å². The predicted octanol–water partition coefficient (Wildman–Crippen LogP) is 3.46. The largest absolute Gasteiger partial charge is 0.454 e. The van der Waals surface area contributed by atoms with E-state index in [1.54, 1.807) is 6.07 Å². The van der Waals surface area contributed by atoms with Gasteiger partial charge in [0.25, 0.3) is 0 Å². The molecule has 0 saturated carbocycles. The van der Waals surface area contributed by atoms with E-state index in [0.717, 1.165) is 22.7 Å². The van der Waals surface area contributed by atoms with Gasteiger partial charge in [-0.1, -0.05) is 18.2 Å². The second-order valence-corrected chi connectivity index (χ2v) is 4.64. The van der Waals surface area contributed by atoms with Crippen LogP contribution in [0.15, 0.2) is 42.5 Å². The number of benzene rings is 2. The standard InChI is InChI=1S/C16H14N2O2/c1-11(18-14-5-3-2-4-13(14)9-17)12-6-7-15-16(8-12)20-10-19-15/h2-8,11,18H,10H2,1H3. The summed E-state index contributed by atoms with van der Waals surface area (Å²) in [6, 6.07) is 15.6. The average molecular weight is 266 g/mol. The molecule has 0 amide bonds. The Labute approximate surface area is 117 Å². The molecule has 1 atom stereocenters. The lowest BCUT2D eigenvalue weighted by Gasteiger charge is -2.17. The molecule has 1 N–H and O–H groups in total. The summed E-state index contributed by atoms with van der Waals surface area (Å²) < 4.78 is 10.7. The van der Waals surface area contributed by atoms with Crippen LogP contribution in [0.2, 0.25) is 0 Å². The highest BCUT2D eigenvalue weighted by atomic mass is 16.7. The van der Waals surface area contributed by atoms with E-state index < -0.39 is 0 Å². The topological polar surface area (TPSA) is 54.3 Å². The van der Waals surface area contributed by atoms with E-state index in [-0.39, 0.29) is 12.8 Å². The van der Waals surface area contributed by atoms with Gasteiger partial charge in [0.1, 0.15) is 6.07 Å². The number of anilines is 1. The highest BCUT2D eigenvalue weighted by Gasteiger charge is 2.16. The zero-order valence-electron chi connectivity index (χ0n) is 11.1. The molecule has 4 heteroatoms. The van der Waals surface area contributed by atoms with E-state index in [1.165, 1.54) is 0 Å².